The fourth-order valence-electron chi connectivity index (χ4n) is 2.73. The van der Waals surface area contributed by atoms with E-state index in [0.29, 0.717) is 24.8 Å². The Morgan fingerprint density at radius 3 is 2.29 bits per heavy atom. The van der Waals surface area contributed by atoms with Gasteiger partial charge in [-0.25, -0.2) is 0 Å². The number of nitrogens with one attached hydrogen (secondary N) is 1. The molecule has 0 radical (unpaired) electrons. The molecule has 1 aliphatic rings. The van der Waals surface area contributed by atoms with Gasteiger partial charge in [0.15, 0.2) is 0 Å². The van der Waals surface area contributed by atoms with Gasteiger partial charge in [-0.1, -0.05) is 13.0 Å². The van der Waals surface area contributed by atoms with Crippen LogP contribution in [-0.2, 0) is 0 Å². The molecule has 0 spiro atoms. The van der Waals surface area contributed by atoms with Crippen LogP contribution in [0, 0.1) is 11.8 Å². The van der Waals surface area contributed by atoms with Crippen LogP contribution >= 0.6 is 0 Å². The summed E-state index contributed by atoms with van der Waals surface area (Å²) < 4.78 is 37.6. The van der Waals surface area contributed by atoms with Crippen molar-refractivity contribution in [3.05, 3.63) is 12.7 Å². The van der Waals surface area contributed by atoms with Crippen molar-refractivity contribution in [2.75, 3.05) is 6.54 Å². The molecule has 0 aromatic heterocycles. The van der Waals surface area contributed by atoms with Crippen molar-refractivity contribution in [1.29, 1.82) is 0 Å². The Morgan fingerprint density at radius 1 is 1.29 bits per heavy atom. The molecule has 100 valence electrons. The average molecular weight is 249 g/mol. The van der Waals surface area contributed by atoms with Crippen LogP contribution in [0.1, 0.15) is 39.0 Å². The lowest BCUT2D eigenvalue weighted by Crippen LogP contribution is -2.39. The van der Waals surface area contributed by atoms with Gasteiger partial charge in [0, 0.05) is 6.04 Å². The largest absolute Gasteiger partial charge is 0.391 e. The van der Waals surface area contributed by atoms with Gasteiger partial charge >= 0.3 is 6.18 Å². The van der Waals surface area contributed by atoms with Crippen molar-refractivity contribution < 1.29 is 13.2 Å². The van der Waals surface area contributed by atoms with E-state index in [0.717, 1.165) is 13.0 Å². The van der Waals surface area contributed by atoms with E-state index in [9.17, 15) is 13.2 Å². The predicted octanol–water partition coefficient (Wildman–Crippen LogP) is 3.91. The van der Waals surface area contributed by atoms with Crippen molar-refractivity contribution in [2.45, 2.75) is 51.2 Å². The second-order valence-corrected chi connectivity index (χ2v) is 4.84. The van der Waals surface area contributed by atoms with Crippen LogP contribution in [0.2, 0.25) is 0 Å². The summed E-state index contributed by atoms with van der Waals surface area (Å²) >= 11 is 0. The smallest absolute Gasteiger partial charge is 0.314 e. The van der Waals surface area contributed by atoms with E-state index in [1.165, 1.54) is 0 Å². The van der Waals surface area contributed by atoms with Gasteiger partial charge in [0.2, 0.25) is 0 Å². The van der Waals surface area contributed by atoms with Crippen molar-refractivity contribution in [3.8, 4) is 0 Å². The number of hydrogen-bond acceptors (Lipinski definition) is 1. The van der Waals surface area contributed by atoms with Crippen molar-refractivity contribution >= 4 is 0 Å². The number of halogens is 3. The Balaban J connectivity index is 2.46. The summed E-state index contributed by atoms with van der Waals surface area (Å²) in [5, 5.41) is 3.35. The molecule has 0 aromatic carbocycles. The third kappa shape index (κ3) is 4.34. The van der Waals surface area contributed by atoms with Crippen LogP contribution in [0.5, 0.6) is 0 Å². The second kappa shape index (κ2) is 6.43. The highest BCUT2D eigenvalue weighted by Gasteiger charge is 2.42. The molecule has 1 atom stereocenters. The maximum atomic E-state index is 12.5. The summed E-state index contributed by atoms with van der Waals surface area (Å²) in [5.74, 6) is -0.712. The van der Waals surface area contributed by atoms with Gasteiger partial charge in [-0.3, -0.25) is 0 Å². The van der Waals surface area contributed by atoms with E-state index in [1.807, 2.05) is 13.0 Å². The van der Waals surface area contributed by atoms with Crippen molar-refractivity contribution in [1.82, 2.24) is 5.32 Å². The first kappa shape index (κ1) is 14.6. The van der Waals surface area contributed by atoms with Gasteiger partial charge in [-0.05, 0) is 44.6 Å². The molecule has 0 aromatic rings. The lowest BCUT2D eigenvalue weighted by atomic mass is 9.77. The summed E-state index contributed by atoms with van der Waals surface area (Å²) in [4.78, 5) is 0. The highest BCUT2D eigenvalue weighted by atomic mass is 19.4. The third-order valence-electron chi connectivity index (χ3n) is 3.69. The summed E-state index contributed by atoms with van der Waals surface area (Å²) in [5.41, 5.74) is 0. The summed E-state index contributed by atoms with van der Waals surface area (Å²) in [6.07, 6.45) is 0.612. The minimum atomic E-state index is -4.00. The standard InChI is InChI=1S/C13H22F3N/c1-3-5-12(17-4-2)10-6-8-11(9-7-10)13(14,15)16/h3,10-12,17H,1,4-9H2,2H3. The predicted molar refractivity (Wildman–Crippen MR) is 63.8 cm³/mol. The normalized spacial score (nSPS) is 27.8. The van der Waals surface area contributed by atoms with Crippen LogP contribution < -0.4 is 5.32 Å². The molecule has 1 saturated carbocycles. The van der Waals surface area contributed by atoms with E-state index in [2.05, 4.69) is 11.9 Å². The van der Waals surface area contributed by atoms with Gasteiger partial charge in [-0.2, -0.15) is 13.2 Å². The molecule has 0 bridgehead atoms. The van der Waals surface area contributed by atoms with Crippen LogP contribution in [0.4, 0.5) is 13.2 Å². The molecule has 1 unspecified atom stereocenters. The summed E-state index contributed by atoms with van der Waals surface area (Å²) in [6.45, 7) is 6.60. The molecule has 1 aliphatic carbocycles. The van der Waals surface area contributed by atoms with Crippen LogP contribution in [0.25, 0.3) is 0 Å². The lowest BCUT2D eigenvalue weighted by molar-refractivity contribution is -0.184. The minimum Gasteiger partial charge on any atom is -0.314 e. The fraction of sp³-hybridized carbons (Fsp3) is 0.846. The maximum Gasteiger partial charge on any atom is 0.391 e. The Hall–Kier alpha value is -0.510. The Bertz CT molecular complexity index is 229. The molecular formula is C13H22F3N. The maximum absolute atomic E-state index is 12.5. The summed E-state index contributed by atoms with van der Waals surface area (Å²) in [6, 6.07) is 0.298. The van der Waals surface area contributed by atoms with Gasteiger partial charge in [0.05, 0.1) is 5.92 Å². The molecule has 4 heteroatoms. The first-order valence-electron chi connectivity index (χ1n) is 6.40. The average Bonchev–Trinajstić information content (AvgIpc) is 2.28. The van der Waals surface area contributed by atoms with E-state index < -0.39 is 12.1 Å². The van der Waals surface area contributed by atoms with Gasteiger partial charge in [-0.15, -0.1) is 6.58 Å². The molecular weight excluding hydrogens is 227 g/mol. The first-order chi connectivity index (χ1) is 7.99. The molecule has 0 amide bonds. The van der Waals surface area contributed by atoms with E-state index >= 15 is 0 Å². The monoisotopic (exact) mass is 249 g/mol. The highest BCUT2D eigenvalue weighted by molar-refractivity contribution is 4.87. The molecule has 17 heavy (non-hydrogen) atoms. The quantitative estimate of drug-likeness (QED) is 0.728. The zero-order valence-electron chi connectivity index (χ0n) is 10.4. The molecule has 0 aliphatic heterocycles. The molecule has 1 fully saturated rings. The van der Waals surface area contributed by atoms with E-state index in [-0.39, 0.29) is 12.8 Å². The second-order valence-electron chi connectivity index (χ2n) is 4.84. The summed E-state index contributed by atoms with van der Waals surface area (Å²) in [7, 11) is 0. The highest BCUT2D eigenvalue weighted by Crippen LogP contribution is 2.40. The molecule has 0 saturated heterocycles. The number of alkyl halides is 3. The SMILES string of the molecule is C=CCC(NCC)C1CCC(C(F)(F)F)CC1. The zero-order chi connectivity index (χ0) is 12.9. The van der Waals surface area contributed by atoms with E-state index in [1.54, 1.807) is 0 Å². The zero-order valence-corrected chi connectivity index (χ0v) is 10.4. The van der Waals surface area contributed by atoms with Crippen LogP contribution in [-0.4, -0.2) is 18.8 Å². The fourth-order valence-corrected chi connectivity index (χ4v) is 2.73. The number of rotatable bonds is 5. The first-order valence-corrected chi connectivity index (χ1v) is 6.40. The molecule has 0 heterocycles. The van der Waals surface area contributed by atoms with E-state index in [4.69, 9.17) is 0 Å². The van der Waals surface area contributed by atoms with Crippen molar-refractivity contribution in [2.24, 2.45) is 11.8 Å². The Morgan fingerprint density at radius 2 is 1.88 bits per heavy atom. The van der Waals surface area contributed by atoms with Crippen LogP contribution in [0.15, 0.2) is 12.7 Å². The Labute approximate surface area is 101 Å². The Kier molecular flexibility index (Phi) is 5.50. The molecule has 1 nitrogen and oxygen atoms in total. The van der Waals surface area contributed by atoms with Crippen LogP contribution in [0.3, 0.4) is 0 Å². The van der Waals surface area contributed by atoms with Gasteiger partial charge in [0.1, 0.15) is 0 Å². The third-order valence-corrected chi connectivity index (χ3v) is 3.69. The van der Waals surface area contributed by atoms with Gasteiger partial charge < -0.3 is 5.32 Å². The van der Waals surface area contributed by atoms with Gasteiger partial charge in [0.25, 0.3) is 0 Å². The number of hydrogen-bond donors (Lipinski definition) is 1. The van der Waals surface area contributed by atoms with Crippen molar-refractivity contribution in [3.63, 3.8) is 0 Å². The topological polar surface area (TPSA) is 12.0 Å². The minimum absolute atomic E-state index is 0.285. The molecule has 1 rings (SSSR count). The lowest BCUT2D eigenvalue weighted by Gasteiger charge is -2.34. The molecule has 1 N–H and O–H groups in total.